The van der Waals surface area contributed by atoms with E-state index in [1.807, 2.05) is 36.4 Å². The number of carbonyl (C=O) groups excluding carboxylic acids is 1. The summed E-state index contributed by atoms with van der Waals surface area (Å²) in [6, 6.07) is 24.5. The maximum atomic E-state index is 13.8. The summed E-state index contributed by atoms with van der Waals surface area (Å²) in [6.07, 6.45) is -1.91. The third-order valence-corrected chi connectivity index (χ3v) is 7.44. The number of halogens is 3. The van der Waals surface area contributed by atoms with Gasteiger partial charge in [-0.05, 0) is 84.7 Å². The molecule has 0 aliphatic carbocycles. The molecule has 0 saturated carbocycles. The summed E-state index contributed by atoms with van der Waals surface area (Å²) >= 11 is 0. The maximum absolute atomic E-state index is 13.8. The topological polar surface area (TPSA) is 38.3 Å². The molecular weight excluding hydrogens is 547 g/mol. The number of benzene rings is 4. The molecule has 0 saturated heterocycles. The van der Waals surface area contributed by atoms with Crippen LogP contribution < -0.4 is 10.1 Å². The van der Waals surface area contributed by atoms with Gasteiger partial charge in [-0.1, -0.05) is 99.0 Å². The van der Waals surface area contributed by atoms with Crippen molar-refractivity contribution >= 4 is 5.91 Å². The quantitative estimate of drug-likeness (QED) is 0.190. The number of aryl methyl sites for hydroxylation is 3. The van der Waals surface area contributed by atoms with E-state index >= 15 is 0 Å². The first-order chi connectivity index (χ1) is 20.4. The summed E-state index contributed by atoms with van der Waals surface area (Å²) in [5.41, 5.74) is 6.59. The van der Waals surface area contributed by atoms with E-state index in [9.17, 15) is 18.0 Å². The predicted molar refractivity (Wildman–Crippen MR) is 167 cm³/mol. The molecule has 0 fully saturated rings. The molecule has 1 N–H and O–H groups in total. The first kappa shape index (κ1) is 31.9. The molecule has 6 heteroatoms. The van der Waals surface area contributed by atoms with Crippen molar-refractivity contribution in [2.75, 3.05) is 0 Å². The van der Waals surface area contributed by atoms with Crippen LogP contribution in [-0.4, -0.2) is 5.91 Å². The lowest BCUT2D eigenvalue weighted by molar-refractivity contribution is -0.137. The van der Waals surface area contributed by atoms with Crippen LogP contribution in [-0.2, 0) is 19.2 Å². The zero-order valence-corrected chi connectivity index (χ0v) is 25.5. The maximum Gasteiger partial charge on any atom is 0.416 e. The molecule has 4 aromatic rings. The Kier molecular flexibility index (Phi) is 10.3. The van der Waals surface area contributed by atoms with Crippen LogP contribution in [0.5, 0.6) is 5.75 Å². The van der Waals surface area contributed by atoms with E-state index in [1.165, 1.54) is 12.1 Å². The summed E-state index contributed by atoms with van der Waals surface area (Å²) in [6.45, 7) is 10.7. The molecule has 0 aliphatic rings. The zero-order chi connectivity index (χ0) is 31.1. The highest BCUT2D eigenvalue weighted by Crippen LogP contribution is 2.32. The lowest BCUT2D eigenvalue weighted by Gasteiger charge is -2.23. The lowest BCUT2D eigenvalue weighted by atomic mass is 9.93. The van der Waals surface area contributed by atoms with Gasteiger partial charge in [0.15, 0.2) is 0 Å². The van der Waals surface area contributed by atoms with Crippen molar-refractivity contribution in [1.29, 1.82) is 0 Å². The molecule has 43 heavy (non-hydrogen) atoms. The summed E-state index contributed by atoms with van der Waals surface area (Å²) in [5, 5.41) is 3.31. The number of amides is 1. The Morgan fingerprint density at radius 1 is 0.860 bits per heavy atom. The SMILES string of the molecule is CCCc1ccc(OCc2ccccc2-c2ccc(C(F)(F)F)cc2)cc1C(=O)NC(CC(C)C)c1cc(C)cc(C)c1. The van der Waals surface area contributed by atoms with E-state index in [4.69, 9.17) is 4.74 Å². The number of rotatable bonds is 11. The second kappa shape index (κ2) is 13.9. The molecule has 3 nitrogen and oxygen atoms in total. The van der Waals surface area contributed by atoms with Gasteiger partial charge in [0.1, 0.15) is 12.4 Å². The fourth-order valence-electron chi connectivity index (χ4n) is 5.47. The highest BCUT2D eigenvalue weighted by molar-refractivity contribution is 5.96. The Morgan fingerprint density at radius 2 is 1.53 bits per heavy atom. The van der Waals surface area contributed by atoms with Gasteiger partial charge in [-0.2, -0.15) is 13.2 Å². The summed E-state index contributed by atoms with van der Waals surface area (Å²) < 4.78 is 45.4. The highest BCUT2D eigenvalue weighted by Gasteiger charge is 2.30. The third-order valence-electron chi connectivity index (χ3n) is 7.44. The molecule has 4 rings (SSSR count). The van der Waals surface area contributed by atoms with Crippen molar-refractivity contribution in [2.45, 2.75) is 72.7 Å². The van der Waals surface area contributed by atoms with Gasteiger partial charge in [0.2, 0.25) is 0 Å². The molecule has 0 heterocycles. The fraction of sp³-hybridized carbons (Fsp3) is 0.324. The molecule has 0 spiro atoms. The standard InChI is InChI=1S/C37H40F3NO2/c1-6-9-27-14-17-32(22-34(27)36(42)41-35(18-24(2)3)30-20-25(4)19-26(5)21-30)43-23-29-10-7-8-11-33(29)28-12-15-31(16-13-28)37(38,39)40/h7-8,10-17,19-22,24,35H,6,9,18,23H2,1-5H3,(H,41,42). The summed E-state index contributed by atoms with van der Waals surface area (Å²) in [4.78, 5) is 13.8. The van der Waals surface area contributed by atoms with Crippen LogP contribution in [0.15, 0.2) is 84.9 Å². The third kappa shape index (κ3) is 8.50. The van der Waals surface area contributed by atoms with Crippen molar-refractivity contribution in [2.24, 2.45) is 5.92 Å². The first-order valence-corrected chi connectivity index (χ1v) is 14.8. The van der Waals surface area contributed by atoms with E-state index in [0.29, 0.717) is 22.8 Å². The average Bonchev–Trinajstić information content (AvgIpc) is 2.95. The van der Waals surface area contributed by atoms with E-state index in [0.717, 1.165) is 64.8 Å². The van der Waals surface area contributed by atoms with E-state index < -0.39 is 11.7 Å². The minimum Gasteiger partial charge on any atom is -0.489 e. The second-order valence-corrected chi connectivity index (χ2v) is 11.7. The minimum absolute atomic E-state index is 0.124. The van der Waals surface area contributed by atoms with Gasteiger partial charge in [-0.3, -0.25) is 4.79 Å². The van der Waals surface area contributed by atoms with Crippen LogP contribution in [0.3, 0.4) is 0 Å². The van der Waals surface area contributed by atoms with Crippen molar-refractivity contribution in [3.63, 3.8) is 0 Å². The van der Waals surface area contributed by atoms with Crippen LogP contribution in [0.1, 0.15) is 83.4 Å². The molecule has 1 unspecified atom stereocenters. The van der Waals surface area contributed by atoms with Crippen LogP contribution in [0.4, 0.5) is 13.2 Å². The Labute approximate surface area is 253 Å². The van der Waals surface area contributed by atoms with E-state index in [2.05, 4.69) is 58.1 Å². The molecule has 4 aromatic carbocycles. The molecule has 0 bridgehead atoms. The number of alkyl halides is 3. The number of hydrogen-bond donors (Lipinski definition) is 1. The molecule has 0 aromatic heterocycles. The average molecular weight is 588 g/mol. The van der Waals surface area contributed by atoms with Gasteiger partial charge >= 0.3 is 6.18 Å². The van der Waals surface area contributed by atoms with Crippen LogP contribution >= 0.6 is 0 Å². The zero-order valence-electron chi connectivity index (χ0n) is 25.5. The van der Waals surface area contributed by atoms with Gasteiger partial charge in [0.25, 0.3) is 5.91 Å². The highest BCUT2D eigenvalue weighted by atomic mass is 19.4. The van der Waals surface area contributed by atoms with Gasteiger partial charge < -0.3 is 10.1 Å². The van der Waals surface area contributed by atoms with Crippen LogP contribution in [0.25, 0.3) is 11.1 Å². The first-order valence-electron chi connectivity index (χ1n) is 14.8. The lowest BCUT2D eigenvalue weighted by Crippen LogP contribution is -2.30. The van der Waals surface area contributed by atoms with Gasteiger partial charge in [0.05, 0.1) is 11.6 Å². The van der Waals surface area contributed by atoms with Crippen molar-refractivity contribution in [1.82, 2.24) is 5.32 Å². The molecule has 1 atom stereocenters. The van der Waals surface area contributed by atoms with E-state index in [-0.39, 0.29) is 18.6 Å². The molecular formula is C37H40F3NO2. The number of hydrogen-bond acceptors (Lipinski definition) is 2. The Morgan fingerprint density at radius 3 is 2.16 bits per heavy atom. The number of carbonyl (C=O) groups is 1. The molecule has 0 aliphatic heterocycles. The molecule has 226 valence electrons. The monoisotopic (exact) mass is 587 g/mol. The van der Waals surface area contributed by atoms with Crippen molar-refractivity contribution in [3.05, 3.63) is 124 Å². The van der Waals surface area contributed by atoms with E-state index in [1.54, 1.807) is 6.07 Å². The Balaban J connectivity index is 1.57. The summed E-state index contributed by atoms with van der Waals surface area (Å²) in [5.74, 6) is 0.809. The predicted octanol–water partition coefficient (Wildman–Crippen LogP) is 10.0. The van der Waals surface area contributed by atoms with Crippen molar-refractivity contribution in [3.8, 4) is 16.9 Å². The second-order valence-electron chi connectivity index (χ2n) is 11.7. The summed E-state index contributed by atoms with van der Waals surface area (Å²) in [7, 11) is 0. The van der Waals surface area contributed by atoms with Gasteiger partial charge in [-0.25, -0.2) is 0 Å². The largest absolute Gasteiger partial charge is 0.489 e. The van der Waals surface area contributed by atoms with Gasteiger partial charge in [0, 0.05) is 5.56 Å². The molecule has 1 amide bonds. The smallest absolute Gasteiger partial charge is 0.416 e. The Hall–Kier alpha value is -4.06. The Bertz CT molecular complexity index is 1520. The van der Waals surface area contributed by atoms with Crippen LogP contribution in [0, 0.1) is 19.8 Å². The molecule has 0 radical (unpaired) electrons. The fourth-order valence-corrected chi connectivity index (χ4v) is 5.47. The minimum atomic E-state index is -4.39. The number of nitrogens with one attached hydrogen (secondary N) is 1. The van der Waals surface area contributed by atoms with Crippen LogP contribution in [0.2, 0.25) is 0 Å². The van der Waals surface area contributed by atoms with Crippen molar-refractivity contribution < 1.29 is 22.7 Å². The number of ether oxygens (including phenoxy) is 1. The van der Waals surface area contributed by atoms with Gasteiger partial charge in [-0.15, -0.1) is 0 Å². The normalized spacial score (nSPS) is 12.3.